The zero-order valence-corrected chi connectivity index (χ0v) is 7.82. The molecule has 70 valence electrons. The molecule has 3 nitrogen and oxygen atoms in total. The summed E-state index contributed by atoms with van der Waals surface area (Å²) in [5, 5.41) is 0. The van der Waals surface area contributed by atoms with Gasteiger partial charge in [0, 0.05) is 12.4 Å². The summed E-state index contributed by atoms with van der Waals surface area (Å²) in [5.74, 6) is 0. The van der Waals surface area contributed by atoms with Crippen molar-refractivity contribution >= 4 is 0 Å². The summed E-state index contributed by atoms with van der Waals surface area (Å²) in [4.78, 5) is 18.3. The van der Waals surface area contributed by atoms with Gasteiger partial charge in [-0.3, -0.25) is 9.78 Å². The van der Waals surface area contributed by atoms with Crippen LogP contribution in [0.15, 0.2) is 41.5 Å². The Morgan fingerprint density at radius 3 is 2.93 bits per heavy atom. The van der Waals surface area contributed by atoms with Gasteiger partial charge in [0.05, 0.1) is 11.3 Å². The average Bonchev–Trinajstić information content (AvgIpc) is 2.23. The van der Waals surface area contributed by atoms with Gasteiger partial charge < -0.3 is 4.98 Å². The van der Waals surface area contributed by atoms with Crippen LogP contribution in [0.3, 0.4) is 0 Å². The van der Waals surface area contributed by atoms with E-state index in [1.807, 2.05) is 31.2 Å². The lowest BCUT2D eigenvalue weighted by molar-refractivity contribution is 1.18. The molecule has 0 aliphatic rings. The van der Waals surface area contributed by atoms with Crippen molar-refractivity contribution in [2.45, 2.75) is 6.92 Å². The predicted octanol–water partition coefficient (Wildman–Crippen LogP) is 1.75. The fourth-order valence-corrected chi connectivity index (χ4v) is 1.30. The number of H-pyrrole nitrogens is 1. The van der Waals surface area contributed by atoms with Gasteiger partial charge in [-0.2, -0.15) is 0 Å². The molecular formula is C11H10N2O. The second kappa shape index (κ2) is 3.46. The maximum absolute atomic E-state index is 11.5. The van der Waals surface area contributed by atoms with Crippen molar-refractivity contribution in [3.05, 3.63) is 52.6 Å². The zero-order valence-electron chi connectivity index (χ0n) is 7.82. The van der Waals surface area contributed by atoms with Crippen LogP contribution >= 0.6 is 0 Å². The van der Waals surface area contributed by atoms with Crippen molar-refractivity contribution in [3.8, 4) is 11.3 Å². The summed E-state index contributed by atoms with van der Waals surface area (Å²) in [6, 6.07) is 7.35. The molecule has 0 amide bonds. The van der Waals surface area contributed by atoms with Crippen LogP contribution in [0.4, 0.5) is 0 Å². The predicted molar refractivity (Wildman–Crippen MR) is 55.0 cm³/mol. The molecule has 0 fully saturated rings. The average molecular weight is 186 g/mol. The first kappa shape index (κ1) is 8.69. The van der Waals surface area contributed by atoms with E-state index in [1.165, 1.54) is 0 Å². The summed E-state index contributed by atoms with van der Waals surface area (Å²) >= 11 is 0. The Hall–Kier alpha value is -1.90. The third-order valence-electron chi connectivity index (χ3n) is 1.99. The Kier molecular flexibility index (Phi) is 2.14. The number of aromatic amines is 1. The normalized spacial score (nSPS) is 10.1. The van der Waals surface area contributed by atoms with Gasteiger partial charge in [0.15, 0.2) is 0 Å². The maximum atomic E-state index is 11.5. The van der Waals surface area contributed by atoms with Gasteiger partial charge in [-0.25, -0.2) is 0 Å². The van der Waals surface area contributed by atoms with Crippen molar-refractivity contribution in [3.63, 3.8) is 0 Å². The largest absolute Gasteiger partial charge is 0.328 e. The first-order valence-electron chi connectivity index (χ1n) is 4.38. The molecule has 0 atom stereocenters. The van der Waals surface area contributed by atoms with Crippen molar-refractivity contribution in [1.82, 2.24) is 9.97 Å². The quantitative estimate of drug-likeness (QED) is 0.737. The van der Waals surface area contributed by atoms with Crippen LogP contribution in [0.2, 0.25) is 0 Å². The Balaban J connectivity index is 2.63. The van der Waals surface area contributed by atoms with Crippen LogP contribution in [0.5, 0.6) is 0 Å². The van der Waals surface area contributed by atoms with Crippen LogP contribution in [0.25, 0.3) is 11.3 Å². The van der Waals surface area contributed by atoms with E-state index in [0.29, 0.717) is 11.3 Å². The maximum Gasteiger partial charge on any atom is 0.257 e. The molecule has 0 aromatic carbocycles. The number of nitrogens with one attached hydrogen (secondary N) is 1. The molecule has 2 rings (SSSR count). The first-order valence-corrected chi connectivity index (χ1v) is 4.38. The summed E-state index contributed by atoms with van der Waals surface area (Å²) in [7, 11) is 0. The first-order chi connectivity index (χ1) is 6.77. The lowest BCUT2D eigenvalue weighted by atomic mass is 10.1. The SMILES string of the molecule is Cc1c[nH]c(=O)c(-c2ccccn2)c1. The lowest BCUT2D eigenvalue weighted by Gasteiger charge is -1.99. The van der Waals surface area contributed by atoms with E-state index in [9.17, 15) is 4.79 Å². The molecule has 3 heteroatoms. The highest BCUT2D eigenvalue weighted by Crippen LogP contribution is 2.11. The Bertz CT molecular complexity index is 488. The number of aromatic nitrogens is 2. The van der Waals surface area contributed by atoms with Gasteiger partial charge in [0.25, 0.3) is 5.56 Å². The minimum absolute atomic E-state index is 0.102. The van der Waals surface area contributed by atoms with Crippen LogP contribution in [-0.2, 0) is 0 Å². The van der Waals surface area contributed by atoms with Crippen molar-refractivity contribution in [2.24, 2.45) is 0 Å². The molecule has 0 radical (unpaired) electrons. The van der Waals surface area contributed by atoms with E-state index >= 15 is 0 Å². The molecule has 0 aliphatic heterocycles. The highest BCUT2D eigenvalue weighted by atomic mass is 16.1. The van der Waals surface area contributed by atoms with Crippen LogP contribution in [0.1, 0.15) is 5.56 Å². The van der Waals surface area contributed by atoms with E-state index < -0.39 is 0 Å². The molecule has 1 N–H and O–H groups in total. The van der Waals surface area contributed by atoms with Crippen molar-refractivity contribution in [1.29, 1.82) is 0 Å². The number of nitrogens with zero attached hydrogens (tertiary/aromatic N) is 1. The highest BCUT2D eigenvalue weighted by molar-refractivity contribution is 5.57. The van der Waals surface area contributed by atoms with Gasteiger partial charge in [-0.05, 0) is 30.7 Å². The fraction of sp³-hybridized carbons (Fsp3) is 0.0909. The van der Waals surface area contributed by atoms with Gasteiger partial charge in [-0.1, -0.05) is 6.07 Å². The molecule has 0 saturated carbocycles. The second-order valence-electron chi connectivity index (χ2n) is 3.13. The molecule has 0 saturated heterocycles. The number of hydrogen-bond donors (Lipinski definition) is 1. The van der Waals surface area contributed by atoms with E-state index in [0.717, 1.165) is 5.56 Å². The lowest BCUT2D eigenvalue weighted by Crippen LogP contribution is -2.08. The van der Waals surface area contributed by atoms with E-state index in [-0.39, 0.29) is 5.56 Å². The number of aryl methyl sites for hydroxylation is 1. The minimum Gasteiger partial charge on any atom is -0.328 e. The van der Waals surface area contributed by atoms with Gasteiger partial charge >= 0.3 is 0 Å². The fourth-order valence-electron chi connectivity index (χ4n) is 1.30. The molecule has 2 aromatic rings. The number of pyridine rings is 2. The molecule has 0 unspecified atom stereocenters. The summed E-state index contributed by atoms with van der Waals surface area (Å²) in [6.45, 7) is 1.93. The molecule has 2 heterocycles. The van der Waals surface area contributed by atoms with Crippen LogP contribution in [0, 0.1) is 6.92 Å². The summed E-state index contributed by atoms with van der Waals surface area (Å²) in [5.41, 5.74) is 2.24. The third kappa shape index (κ3) is 1.57. The summed E-state index contributed by atoms with van der Waals surface area (Å²) in [6.07, 6.45) is 3.37. The summed E-state index contributed by atoms with van der Waals surface area (Å²) < 4.78 is 0. The monoisotopic (exact) mass is 186 g/mol. The molecule has 0 bridgehead atoms. The highest BCUT2D eigenvalue weighted by Gasteiger charge is 2.02. The number of rotatable bonds is 1. The zero-order chi connectivity index (χ0) is 9.97. The number of hydrogen-bond acceptors (Lipinski definition) is 2. The second-order valence-corrected chi connectivity index (χ2v) is 3.13. The molecular weight excluding hydrogens is 176 g/mol. The Morgan fingerprint density at radius 2 is 2.21 bits per heavy atom. The third-order valence-corrected chi connectivity index (χ3v) is 1.99. The topological polar surface area (TPSA) is 45.8 Å². The molecule has 0 aliphatic carbocycles. The van der Waals surface area contributed by atoms with E-state index in [2.05, 4.69) is 9.97 Å². The van der Waals surface area contributed by atoms with E-state index in [4.69, 9.17) is 0 Å². The Morgan fingerprint density at radius 1 is 1.36 bits per heavy atom. The van der Waals surface area contributed by atoms with Crippen molar-refractivity contribution in [2.75, 3.05) is 0 Å². The van der Waals surface area contributed by atoms with E-state index in [1.54, 1.807) is 12.4 Å². The molecule has 14 heavy (non-hydrogen) atoms. The van der Waals surface area contributed by atoms with Gasteiger partial charge in [-0.15, -0.1) is 0 Å². The van der Waals surface area contributed by atoms with Crippen molar-refractivity contribution < 1.29 is 0 Å². The van der Waals surface area contributed by atoms with Crippen LogP contribution < -0.4 is 5.56 Å². The smallest absolute Gasteiger partial charge is 0.257 e. The molecule has 0 spiro atoms. The Labute approximate surface area is 81.5 Å². The minimum atomic E-state index is -0.102. The van der Waals surface area contributed by atoms with Gasteiger partial charge in [0.2, 0.25) is 0 Å². The molecule has 2 aromatic heterocycles. The standard InChI is InChI=1S/C11H10N2O/c1-8-6-9(11(14)13-7-8)10-4-2-3-5-12-10/h2-7H,1H3,(H,13,14). The van der Waals surface area contributed by atoms with Crippen LogP contribution in [-0.4, -0.2) is 9.97 Å². The van der Waals surface area contributed by atoms with Gasteiger partial charge in [0.1, 0.15) is 0 Å².